The van der Waals surface area contributed by atoms with Crippen molar-refractivity contribution in [3.8, 4) is 0 Å². The zero-order valence-corrected chi connectivity index (χ0v) is 11.7. The SMILES string of the molecule is OC(CCl)CN1CCN(c2ccccc2Cl)CC1. The van der Waals surface area contributed by atoms with Crippen LogP contribution in [0.3, 0.4) is 0 Å². The van der Waals surface area contributed by atoms with Gasteiger partial charge in [-0.1, -0.05) is 23.7 Å². The maximum absolute atomic E-state index is 9.53. The average Bonchev–Trinajstić information content (AvgIpc) is 2.40. The van der Waals surface area contributed by atoms with Crippen LogP contribution in [0.1, 0.15) is 0 Å². The van der Waals surface area contributed by atoms with Gasteiger partial charge in [0.2, 0.25) is 0 Å². The number of aliphatic hydroxyl groups excluding tert-OH is 1. The lowest BCUT2D eigenvalue weighted by Crippen LogP contribution is -2.48. The number of β-amino-alcohol motifs (C(OH)–C–C–N with tert-alkyl or cyclic N) is 1. The van der Waals surface area contributed by atoms with Gasteiger partial charge in [-0.25, -0.2) is 0 Å². The first-order valence-electron chi connectivity index (χ1n) is 6.16. The average molecular weight is 289 g/mol. The van der Waals surface area contributed by atoms with E-state index in [-0.39, 0.29) is 0 Å². The molecule has 18 heavy (non-hydrogen) atoms. The molecule has 3 nitrogen and oxygen atoms in total. The molecule has 0 aliphatic carbocycles. The maximum Gasteiger partial charge on any atom is 0.0802 e. The molecule has 1 fully saturated rings. The largest absolute Gasteiger partial charge is 0.391 e. The molecule has 1 unspecified atom stereocenters. The third-order valence-corrected chi connectivity index (χ3v) is 3.89. The minimum atomic E-state index is -0.432. The van der Waals surface area contributed by atoms with Crippen LogP contribution in [0, 0.1) is 0 Å². The molecule has 1 aromatic rings. The number of anilines is 1. The number of rotatable bonds is 4. The minimum Gasteiger partial charge on any atom is -0.391 e. The first-order valence-corrected chi connectivity index (χ1v) is 7.08. The Labute approximate surface area is 118 Å². The molecule has 100 valence electrons. The van der Waals surface area contributed by atoms with E-state index in [0.29, 0.717) is 12.4 Å². The van der Waals surface area contributed by atoms with Crippen LogP contribution in [0.25, 0.3) is 0 Å². The molecule has 1 heterocycles. The standard InChI is InChI=1S/C13H18Cl2N2O/c14-9-11(18)10-16-5-7-17(8-6-16)13-4-2-1-3-12(13)15/h1-4,11,18H,5-10H2. The number of hydrogen-bond donors (Lipinski definition) is 1. The number of piperazine rings is 1. The summed E-state index contributed by atoms with van der Waals surface area (Å²) < 4.78 is 0. The van der Waals surface area contributed by atoms with E-state index >= 15 is 0 Å². The van der Waals surface area contributed by atoms with Gasteiger partial charge in [-0.05, 0) is 12.1 Å². The third kappa shape index (κ3) is 3.51. The highest BCUT2D eigenvalue weighted by Crippen LogP contribution is 2.25. The molecule has 0 bridgehead atoms. The summed E-state index contributed by atoms with van der Waals surface area (Å²) in [6.45, 7) is 4.37. The monoisotopic (exact) mass is 288 g/mol. The topological polar surface area (TPSA) is 26.7 Å². The summed E-state index contributed by atoms with van der Waals surface area (Å²) in [6.07, 6.45) is -0.432. The lowest BCUT2D eigenvalue weighted by molar-refractivity contribution is 0.125. The predicted molar refractivity (Wildman–Crippen MR) is 76.8 cm³/mol. The van der Waals surface area contributed by atoms with Crippen LogP contribution in [0.5, 0.6) is 0 Å². The number of benzene rings is 1. The van der Waals surface area contributed by atoms with Crippen molar-refractivity contribution in [2.75, 3.05) is 43.5 Å². The summed E-state index contributed by atoms with van der Waals surface area (Å²) in [4.78, 5) is 4.52. The highest BCUT2D eigenvalue weighted by molar-refractivity contribution is 6.33. The van der Waals surface area contributed by atoms with E-state index in [1.54, 1.807) is 0 Å². The van der Waals surface area contributed by atoms with Gasteiger partial charge in [0, 0.05) is 38.6 Å². The minimum absolute atomic E-state index is 0.296. The van der Waals surface area contributed by atoms with Crippen LogP contribution in [0.2, 0.25) is 5.02 Å². The van der Waals surface area contributed by atoms with Crippen LogP contribution in [-0.4, -0.2) is 54.7 Å². The van der Waals surface area contributed by atoms with Crippen molar-refractivity contribution in [1.29, 1.82) is 0 Å². The van der Waals surface area contributed by atoms with Gasteiger partial charge in [-0.15, -0.1) is 11.6 Å². The Morgan fingerprint density at radius 3 is 2.44 bits per heavy atom. The molecule has 0 aromatic heterocycles. The van der Waals surface area contributed by atoms with Crippen LogP contribution in [-0.2, 0) is 0 Å². The quantitative estimate of drug-likeness (QED) is 0.860. The van der Waals surface area contributed by atoms with Gasteiger partial charge in [-0.3, -0.25) is 4.90 Å². The number of hydrogen-bond acceptors (Lipinski definition) is 3. The Morgan fingerprint density at radius 1 is 1.17 bits per heavy atom. The fraction of sp³-hybridized carbons (Fsp3) is 0.538. The Kier molecular flexibility index (Phi) is 5.13. The molecule has 2 rings (SSSR count). The highest BCUT2D eigenvalue weighted by atomic mass is 35.5. The second kappa shape index (κ2) is 6.62. The van der Waals surface area contributed by atoms with E-state index in [1.807, 2.05) is 24.3 Å². The zero-order valence-electron chi connectivity index (χ0n) is 10.2. The van der Waals surface area contributed by atoms with Crippen molar-refractivity contribution in [2.24, 2.45) is 0 Å². The van der Waals surface area contributed by atoms with Gasteiger partial charge in [0.05, 0.1) is 16.8 Å². The van der Waals surface area contributed by atoms with Crippen molar-refractivity contribution in [3.63, 3.8) is 0 Å². The number of para-hydroxylation sites is 1. The van der Waals surface area contributed by atoms with Crippen molar-refractivity contribution in [3.05, 3.63) is 29.3 Å². The molecule has 0 amide bonds. The number of alkyl halides is 1. The molecule has 0 radical (unpaired) electrons. The lowest BCUT2D eigenvalue weighted by atomic mass is 10.2. The summed E-state index contributed by atoms with van der Waals surface area (Å²) >= 11 is 11.8. The number of aliphatic hydroxyl groups is 1. The van der Waals surface area contributed by atoms with E-state index in [1.165, 1.54) is 0 Å². The van der Waals surface area contributed by atoms with Gasteiger partial charge in [0.15, 0.2) is 0 Å². The second-order valence-electron chi connectivity index (χ2n) is 4.55. The molecule has 1 N–H and O–H groups in total. The van der Waals surface area contributed by atoms with Gasteiger partial charge in [0.25, 0.3) is 0 Å². The summed E-state index contributed by atoms with van der Waals surface area (Å²) in [5.74, 6) is 0.296. The summed E-state index contributed by atoms with van der Waals surface area (Å²) in [5, 5.41) is 10.3. The summed E-state index contributed by atoms with van der Waals surface area (Å²) in [6, 6.07) is 7.91. The van der Waals surface area contributed by atoms with E-state index in [9.17, 15) is 5.11 Å². The Hall–Kier alpha value is -0.480. The normalized spacial score (nSPS) is 18.9. The first kappa shape index (κ1) is 13.9. The lowest BCUT2D eigenvalue weighted by Gasteiger charge is -2.37. The van der Waals surface area contributed by atoms with Crippen molar-refractivity contribution >= 4 is 28.9 Å². The fourth-order valence-electron chi connectivity index (χ4n) is 2.23. The van der Waals surface area contributed by atoms with Gasteiger partial charge in [-0.2, -0.15) is 0 Å². The molecule has 1 aliphatic rings. The van der Waals surface area contributed by atoms with Crippen molar-refractivity contribution in [1.82, 2.24) is 4.90 Å². The first-order chi connectivity index (χ1) is 8.70. The molecule has 1 atom stereocenters. The van der Waals surface area contributed by atoms with Crippen LogP contribution in [0.15, 0.2) is 24.3 Å². The Morgan fingerprint density at radius 2 is 1.83 bits per heavy atom. The van der Waals surface area contributed by atoms with E-state index in [2.05, 4.69) is 9.80 Å². The van der Waals surface area contributed by atoms with Crippen molar-refractivity contribution in [2.45, 2.75) is 6.10 Å². The molecular formula is C13H18Cl2N2O. The number of nitrogens with zero attached hydrogens (tertiary/aromatic N) is 2. The predicted octanol–water partition coefficient (Wildman–Crippen LogP) is 2.06. The molecule has 5 heteroatoms. The van der Waals surface area contributed by atoms with Crippen LogP contribution in [0.4, 0.5) is 5.69 Å². The van der Waals surface area contributed by atoms with Crippen molar-refractivity contribution < 1.29 is 5.11 Å². The Balaban J connectivity index is 1.89. The smallest absolute Gasteiger partial charge is 0.0802 e. The van der Waals surface area contributed by atoms with E-state index < -0.39 is 6.10 Å². The van der Waals surface area contributed by atoms with Crippen LogP contribution < -0.4 is 4.90 Å². The fourth-order valence-corrected chi connectivity index (χ4v) is 2.58. The second-order valence-corrected chi connectivity index (χ2v) is 5.26. The molecule has 0 saturated carbocycles. The molecule has 1 saturated heterocycles. The molecule has 1 aliphatic heterocycles. The van der Waals surface area contributed by atoms with Gasteiger partial charge < -0.3 is 10.0 Å². The summed E-state index contributed by atoms with van der Waals surface area (Å²) in [5.41, 5.74) is 1.09. The zero-order chi connectivity index (χ0) is 13.0. The van der Waals surface area contributed by atoms with Gasteiger partial charge >= 0.3 is 0 Å². The number of halogens is 2. The van der Waals surface area contributed by atoms with Crippen LogP contribution >= 0.6 is 23.2 Å². The summed E-state index contributed by atoms with van der Waals surface area (Å²) in [7, 11) is 0. The molecular weight excluding hydrogens is 271 g/mol. The molecule has 1 aromatic carbocycles. The highest BCUT2D eigenvalue weighted by Gasteiger charge is 2.20. The van der Waals surface area contributed by atoms with Gasteiger partial charge in [0.1, 0.15) is 0 Å². The molecule has 0 spiro atoms. The Bertz CT molecular complexity index is 381. The van der Waals surface area contributed by atoms with E-state index in [0.717, 1.165) is 36.9 Å². The third-order valence-electron chi connectivity index (χ3n) is 3.21. The van der Waals surface area contributed by atoms with E-state index in [4.69, 9.17) is 23.2 Å². The maximum atomic E-state index is 9.53.